The zero-order valence-corrected chi connectivity index (χ0v) is 16.6. The van der Waals surface area contributed by atoms with E-state index in [0.717, 1.165) is 38.4 Å². The van der Waals surface area contributed by atoms with Crippen LogP contribution in [0.4, 0.5) is 0 Å². The average molecular weight is 381 g/mol. The molecule has 0 amide bonds. The topological polar surface area (TPSA) is 96.3 Å². The first-order valence-electron chi connectivity index (χ1n) is 9.23. The molecule has 1 aromatic rings. The van der Waals surface area contributed by atoms with Gasteiger partial charge in [-0.05, 0) is 70.3 Å². The Kier molecular flexibility index (Phi) is 9.82. The van der Waals surface area contributed by atoms with Crippen molar-refractivity contribution in [1.82, 2.24) is 4.90 Å². The van der Waals surface area contributed by atoms with Gasteiger partial charge < -0.3 is 19.7 Å². The number of aryl methyl sites for hydroxylation is 2. The summed E-state index contributed by atoms with van der Waals surface area (Å²) in [7, 11) is 0. The van der Waals surface area contributed by atoms with Crippen LogP contribution in [0, 0.1) is 13.8 Å². The fraction of sp³-hybridized carbons (Fsp3) is 0.600. The Hall–Kier alpha value is -2.12. The molecule has 7 nitrogen and oxygen atoms in total. The van der Waals surface area contributed by atoms with Crippen LogP contribution in [0.5, 0.6) is 5.75 Å². The highest BCUT2D eigenvalue weighted by molar-refractivity contribution is 6.27. The van der Waals surface area contributed by atoms with Gasteiger partial charge >= 0.3 is 11.9 Å². The number of hydrogen-bond donors (Lipinski definition) is 2. The smallest absolute Gasteiger partial charge is 0.414 e. The van der Waals surface area contributed by atoms with E-state index < -0.39 is 11.9 Å². The molecule has 0 aliphatic carbocycles. The Morgan fingerprint density at radius 3 is 2.19 bits per heavy atom. The van der Waals surface area contributed by atoms with Crippen LogP contribution in [-0.4, -0.2) is 65.5 Å². The van der Waals surface area contributed by atoms with Gasteiger partial charge in [-0.1, -0.05) is 6.07 Å². The number of ether oxygens (including phenoxy) is 2. The van der Waals surface area contributed by atoms with Crippen molar-refractivity contribution in [2.75, 3.05) is 26.2 Å². The maximum absolute atomic E-state index is 9.10. The maximum Gasteiger partial charge on any atom is 0.414 e. The molecule has 0 bridgehead atoms. The highest BCUT2D eigenvalue weighted by atomic mass is 16.5. The van der Waals surface area contributed by atoms with Crippen LogP contribution in [0.15, 0.2) is 18.2 Å². The molecule has 2 rings (SSSR count). The number of carboxylic acids is 2. The van der Waals surface area contributed by atoms with Crippen molar-refractivity contribution in [3.05, 3.63) is 29.3 Å². The van der Waals surface area contributed by atoms with Crippen molar-refractivity contribution in [3.63, 3.8) is 0 Å². The largest absolute Gasteiger partial charge is 0.494 e. The fourth-order valence-corrected chi connectivity index (χ4v) is 2.90. The predicted molar refractivity (Wildman–Crippen MR) is 102 cm³/mol. The number of carbonyl (C=O) groups is 2. The van der Waals surface area contributed by atoms with E-state index in [4.69, 9.17) is 29.3 Å². The highest BCUT2D eigenvalue weighted by Crippen LogP contribution is 2.17. The lowest BCUT2D eigenvalue weighted by Crippen LogP contribution is -2.45. The molecule has 0 radical (unpaired) electrons. The lowest BCUT2D eigenvalue weighted by Gasteiger charge is -2.35. The van der Waals surface area contributed by atoms with Crippen molar-refractivity contribution in [2.45, 2.75) is 52.7 Å². The van der Waals surface area contributed by atoms with Gasteiger partial charge in [0.15, 0.2) is 0 Å². The summed E-state index contributed by atoms with van der Waals surface area (Å²) in [5.74, 6) is -2.66. The molecule has 0 spiro atoms. The predicted octanol–water partition coefficient (Wildman–Crippen LogP) is 2.73. The third-order valence-corrected chi connectivity index (χ3v) is 4.29. The number of hydrogen-bond acceptors (Lipinski definition) is 5. The van der Waals surface area contributed by atoms with Gasteiger partial charge in [0.2, 0.25) is 0 Å². The molecule has 7 heteroatoms. The molecule has 1 saturated heterocycles. The second-order valence-corrected chi connectivity index (χ2v) is 6.93. The van der Waals surface area contributed by atoms with Gasteiger partial charge in [0, 0.05) is 13.1 Å². The Labute approximate surface area is 160 Å². The number of carboxylic acid groups (broad SMARTS) is 2. The molecule has 1 heterocycles. The summed E-state index contributed by atoms with van der Waals surface area (Å²) in [5.41, 5.74) is 2.61. The molecule has 1 aliphatic heterocycles. The van der Waals surface area contributed by atoms with Gasteiger partial charge in [0.25, 0.3) is 0 Å². The molecule has 2 N–H and O–H groups in total. The van der Waals surface area contributed by atoms with E-state index >= 15 is 0 Å². The van der Waals surface area contributed by atoms with Crippen molar-refractivity contribution < 1.29 is 29.3 Å². The molecule has 1 aliphatic rings. The van der Waals surface area contributed by atoms with Crippen LogP contribution in [0.1, 0.15) is 37.8 Å². The quantitative estimate of drug-likeness (QED) is 0.578. The van der Waals surface area contributed by atoms with Crippen LogP contribution in [0.25, 0.3) is 0 Å². The Bertz CT molecular complexity index is 596. The van der Waals surface area contributed by atoms with Gasteiger partial charge in [0.1, 0.15) is 5.75 Å². The molecule has 0 saturated carbocycles. The van der Waals surface area contributed by atoms with Gasteiger partial charge in [-0.15, -0.1) is 0 Å². The van der Waals surface area contributed by atoms with Gasteiger partial charge in [-0.25, -0.2) is 9.59 Å². The molecule has 1 aromatic carbocycles. The van der Waals surface area contributed by atoms with E-state index in [1.807, 2.05) is 0 Å². The van der Waals surface area contributed by atoms with E-state index in [1.54, 1.807) is 0 Å². The zero-order chi connectivity index (χ0) is 20.4. The first-order valence-corrected chi connectivity index (χ1v) is 9.23. The lowest BCUT2D eigenvalue weighted by molar-refractivity contribution is -0.159. The summed E-state index contributed by atoms with van der Waals surface area (Å²) in [6, 6.07) is 6.31. The van der Waals surface area contributed by atoms with Crippen LogP contribution in [-0.2, 0) is 14.3 Å². The van der Waals surface area contributed by atoms with Crippen molar-refractivity contribution >= 4 is 11.9 Å². The number of rotatable bonds is 6. The summed E-state index contributed by atoms with van der Waals surface area (Å²) < 4.78 is 11.6. The molecule has 2 unspecified atom stereocenters. The molecular formula is C20H31NO6. The van der Waals surface area contributed by atoms with E-state index in [0.29, 0.717) is 12.2 Å². The van der Waals surface area contributed by atoms with E-state index in [9.17, 15) is 0 Å². The van der Waals surface area contributed by atoms with E-state index in [2.05, 4.69) is 50.8 Å². The molecule has 1 fully saturated rings. The van der Waals surface area contributed by atoms with Crippen molar-refractivity contribution in [3.8, 4) is 5.75 Å². The second-order valence-electron chi connectivity index (χ2n) is 6.93. The fourth-order valence-electron chi connectivity index (χ4n) is 2.90. The summed E-state index contributed by atoms with van der Waals surface area (Å²) in [4.78, 5) is 20.7. The summed E-state index contributed by atoms with van der Waals surface area (Å²) in [6.45, 7) is 12.6. The van der Waals surface area contributed by atoms with Gasteiger partial charge in [-0.3, -0.25) is 4.90 Å². The van der Waals surface area contributed by atoms with Crippen molar-refractivity contribution in [1.29, 1.82) is 0 Å². The molecular weight excluding hydrogens is 350 g/mol. The summed E-state index contributed by atoms with van der Waals surface area (Å²) in [6.07, 6.45) is 3.01. The minimum Gasteiger partial charge on any atom is -0.494 e. The zero-order valence-electron chi connectivity index (χ0n) is 16.6. The molecule has 27 heavy (non-hydrogen) atoms. The van der Waals surface area contributed by atoms with Crippen molar-refractivity contribution in [2.24, 2.45) is 0 Å². The van der Waals surface area contributed by atoms with Crippen LogP contribution in [0.3, 0.4) is 0 Å². The number of unbranched alkanes of at least 4 members (excludes halogenated alkanes) is 1. The van der Waals surface area contributed by atoms with Gasteiger partial charge in [0.05, 0.1) is 18.8 Å². The normalized spacial score (nSPS) is 19.7. The SMILES string of the molecule is Cc1ccc(OCCCCN2CC(C)OC(C)C2)cc1C.O=C(O)C(=O)O. The maximum atomic E-state index is 9.10. The first-order chi connectivity index (χ1) is 12.7. The van der Waals surface area contributed by atoms with Crippen LogP contribution in [0.2, 0.25) is 0 Å². The Morgan fingerprint density at radius 2 is 1.67 bits per heavy atom. The monoisotopic (exact) mass is 381 g/mol. The second kappa shape index (κ2) is 11.6. The molecule has 0 aromatic heterocycles. The van der Waals surface area contributed by atoms with E-state index in [-0.39, 0.29) is 0 Å². The minimum absolute atomic E-state index is 0.362. The van der Waals surface area contributed by atoms with Gasteiger partial charge in [-0.2, -0.15) is 0 Å². The third kappa shape index (κ3) is 9.40. The standard InChI is InChI=1S/C18H29NO2.C2H2O4/c1-14-7-8-18(11-15(14)2)20-10-6-5-9-19-12-16(3)21-17(4)13-19;3-1(4)2(5)6/h7-8,11,16-17H,5-6,9-10,12-13H2,1-4H3;(H,3,4)(H,5,6). The number of benzene rings is 1. The molecule has 152 valence electrons. The first kappa shape index (κ1) is 22.9. The Balaban J connectivity index is 0.000000527. The van der Waals surface area contributed by atoms with Crippen LogP contribution < -0.4 is 4.74 Å². The summed E-state index contributed by atoms with van der Waals surface area (Å²) in [5, 5.41) is 14.8. The third-order valence-electron chi connectivity index (χ3n) is 4.29. The van der Waals surface area contributed by atoms with Crippen LogP contribution >= 0.6 is 0 Å². The number of morpholine rings is 1. The lowest BCUT2D eigenvalue weighted by atomic mass is 10.1. The highest BCUT2D eigenvalue weighted by Gasteiger charge is 2.21. The average Bonchev–Trinajstić information content (AvgIpc) is 2.57. The summed E-state index contributed by atoms with van der Waals surface area (Å²) >= 11 is 0. The number of aliphatic carboxylic acids is 2. The molecule has 2 atom stereocenters. The minimum atomic E-state index is -1.82. The Morgan fingerprint density at radius 1 is 1.07 bits per heavy atom. The van der Waals surface area contributed by atoms with E-state index in [1.165, 1.54) is 17.5 Å². The number of nitrogens with zero attached hydrogens (tertiary/aromatic N) is 1.